The first-order valence-corrected chi connectivity index (χ1v) is 39.3. The predicted molar refractivity (Wildman–Crippen MR) is 358 cm³/mol. The molecule has 0 aromatic rings. The van der Waals surface area contributed by atoms with E-state index in [1.165, 1.54) is 141 Å². The third kappa shape index (κ3) is 62.0. The Morgan fingerprint density at radius 1 is 0.315 bits per heavy atom. The number of carbonyl (C=O) groups is 4. The molecule has 0 spiro atoms. The normalized spacial score (nSPS) is 14.9. The zero-order chi connectivity index (χ0) is 66.1. The van der Waals surface area contributed by atoms with Crippen LogP contribution >= 0.6 is 15.6 Å². The van der Waals surface area contributed by atoms with E-state index in [2.05, 4.69) is 55.4 Å². The summed E-state index contributed by atoms with van der Waals surface area (Å²) in [6, 6.07) is 0. The molecule has 0 amide bonds. The smallest absolute Gasteiger partial charge is 0.462 e. The fraction of sp³-hybridized carbons (Fsp3) is 0.943. The standard InChI is InChI=1S/C70H136O17P2/c1-9-62(7)48-40-32-23-19-15-13-11-12-14-16-20-25-36-44-52-69(74)86-65(57-81-68(73)51-43-35-28-26-31-39-47-61(5)6)58-84-88(76,77)82-54-64(71)55-83-89(78,79)85-59-66(87-70(75)53-45-37-29-27-33-41-49-63(8)10-2)56-80-67(72)50-42-34-24-21-17-18-22-30-38-46-60(3)4/h60-66,71H,9-59H2,1-8H3,(H,76,77)(H,78,79)/t62?,63?,64-,65+,66+/m0/s1. The SMILES string of the molecule is CCC(C)CCCCCCCCCCCCCCCCC(=O)O[C@H](COC(=O)CCCCCCCCC(C)C)COP(=O)(O)OC[C@H](O)COP(=O)(O)OC[C@@H](COC(=O)CCCCCCCCCCCC(C)C)OC(=O)CCCCCCCCC(C)CC. The molecule has 0 rings (SSSR count). The van der Waals surface area contributed by atoms with Crippen LogP contribution in [-0.2, 0) is 65.4 Å². The quantitative estimate of drug-likeness (QED) is 0.0222. The van der Waals surface area contributed by atoms with Gasteiger partial charge >= 0.3 is 39.5 Å². The molecule has 17 nitrogen and oxygen atoms in total. The molecule has 0 saturated carbocycles. The van der Waals surface area contributed by atoms with Crippen LogP contribution in [0.4, 0.5) is 0 Å². The Labute approximate surface area is 543 Å². The number of hydrogen-bond donors (Lipinski definition) is 3. The lowest BCUT2D eigenvalue weighted by Gasteiger charge is -2.21. The van der Waals surface area contributed by atoms with E-state index in [1.807, 2.05) is 0 Å². The van der Waals surface area contributed by atoms with Gasteiger partial charge in [0.2, 0.25) is 0 Å². The Hall–Kier alpha value is -1.94. The van der Waals surface area contributed by atoms with Gasteiger partial charge in [0.1, 0.15) is 19.3 Å². The second-order valence-corrected chi connectivity index (χ2v) is 29.6. The van der Waals surface area contributed by atoms with Crippen molar-refractivity contribution in [2.24, 2.45) is 23.7 Å². The minimum Gasteiger partial charge on any atom is -0.462 e. The number of phosphoric acid groups is 2. The Bertz CT molecular complexity index is 1770. The highest BCUT2D eigenvalue weighted by Crippen LogP contribution is 2.45. The lowest BCUT2D eigenvalue weighted by molar-refractivity contribution is -0.161. The maximum absolute atomic E-state index is 13.0. The van der Waals surface area contributed by atoms with Gasteiger partial charge in [-0.3, -0.25) is 37.3 Å². The third-order valence-electron chi connectivity index (χ3n) is 16.8. The highest BCUT2D eigenvalue weighted by molar-refractivity contribution is 7.47. The second kappa shape index (κ2) is 59.8. The average molecular weight is 1310 g/mol. The van der Waals surface area contributed by atoms with Crippen molar-refractivity contribution in [3.8, 4) is 0 Å². The predicted octanol–water partition coefficient (Wildman–Crippen LogP) is 19.7. The minimum atomic E-state index is -4.95. The van der Waals surface area contributed by atoms with Crippen LogP contribution < -0.4 is 0 Å². The molecule has 0 aliphatic heterocycles. The zero-order valence-corrected chi connectivity index (χ0v) is 59.8. The van der Waals surface area contributed by atoms with Crippen LogP contribution in [0.25, 0.3) is 0 Å². The van der Waals surface area contributed by atoms with Gasteiger partial charge in [-0.2, -0.15) is 0 Å². The summed E-state index contributed by atoms with van der Waals surface area (Å²) in [6.07, 6.45) is 41.9. The van der Waals surface area contributed by atoms with E-state index in [1.54, 1.807) is 0 Å². The van der Waals surface area contributed by atoms with Crippen LogP contribution in [0.2, 0.25) is 0 Å². The average Bonchev–Trinajstić information content (AvgIpc) is 3.67. The third-order valence-corrected chi connectivity index (χ3v) is 18.7. The molecule has 0 aliphatic carbocycles. The number of esters is 4. The van der Waals surface area contributed by atoms with Gasteiger partial charge in [0, 0.05) is 25.7 Å². The molecular formula is C70H136O17P2. The van der Waals surface area contributed by atoms with Crippen molar-refractivity contribution in [1.82, 2.24) is 0 Å². The molecule has 0 aromatic heterocycles. The number of aliphatic hydroxyl groups is 1. The Kier molecular flexibility index (Phi) is 58.5. The van der Waals surface area contributed by atoms with Gasteiger partial charge in [0.25, 0.3) is 0 Å². The molecule has 528 valence electrons. The van der Waals surface area contributed by atoms with Crippen molar-refractivity contribution in [2.75, 3.05) is 39.6 Å². The summed E-state index contributed by atoms with van der Waals surface area (Å²) >= 11 is 0. The van der Waals surface area contributed by atoms with E-state index in [0.29, 0.717) is 31.6 Å². The van der Waals surface area contributed by atoms with Crippen molar-refractivity contribution in [3.63, 3.8) is 0 Å². The molecule has 0 bridgehead atoms. The Morgan fingerprint density at radius 3 is 0.798 bits per heavy atom. The molecule has 3 N–H and O–H groups in total. The monoisotopic (exact) mass is 1310 g/mol. The van der Waals surface area contributed by atoms with Gasteiger partial charge in [-0.05, 0) is 49.4 Å². The highest BCUT2D eigenvalue weighted by atomic mass is 31.2. The molecule has 0 saturated heterocycles. The lowest BCUT2D eigenvalue weighted by atomic mass is 9.99. The topological polar surface area (TPSA) is 237 Å². The van der Waals surface area contributed by atoms with Crippen LogP contribution in [-0.4, -0.2) is 96.7 Å². The van der Waals surface area contributed by atoms with Crippen LogP contribution in [0.5, 0.6) is 0 Å². The highest BCUT2D eigenvalue weighted by Gasteiger charge is 2.30. The summed E-state index contributed by atoms with van der Waals surface area (Å²) in [6.45, 7) is 14.1. The molecule has 89 heavy (non-hydrogen) atoms. The summed E-state index contributed by atoms with van der Waals surface area (Å²) in [5.41, 5.74) is 0. The van der Waals surface area contributed by atoms with Crippen molar-refractivity contribution in [3.05, 3.63) is 0 Å². The van der Waals surface area contributed by atoms with Gasteiger partial charge in [0.05, 0.1) is 26.4 Å². The van der Waals surface area contributed by atoms with E-state index in [0.717, 1.165) is 114 Å². The van der Waals surface area contributed by atoms with Gasteiger partial charge in [-0.15, -0.1) is 0 Å². The number of unbranched alkanes of at least 4 members (excludes halogenated alkanes) is 31. The van der Waals surface area contributed by atoms with Crippen molar-refractivity contribution in [1.29, 1.82) is 0 Å². The van der Waals surface area contributed by atoms with Crippen molar-refractivity contribution < 1.29 is 80.2 Å². The number of aliphatic hydroxyl groups excluding tert-OH is 1. The summed E-state index contributed by atoms with van der Waals surface area (Å²) in [4.78, 5) is 72.5. The molecule has 0 aromatic carbocycles. The lowest BCUT2D eigenvalue weighted by Crippen LogP contribution is -2.30. The number of phosphoric ester groups is 2. The zero-order valence-electron chi connectivity index (χ0n) is 58.1. The molecule has 0 aliphatic rings. The maximum atomic E-state index is 13.0. The summed E-state index contributed by atoms with van der Waals surface area (Å²) in [5.74, 6) is 0.855. The molecule has 0 heterocycles. The van der Waals surface area contributed by atoms with Gasteiger partial charge < -0.3 is 33.8 Å². The molecule has 7 atom stereocenters. The number of hydrogen-bond acceptors (Lipinski definition) is 15. The van der Waals surface area contributed by atoms with Crippen molar-refractivity contribution in [2.45, 2.75) is 363 Å². The molecule has 0 radical (unpaired) electrons. The summed E-state index contributed by atoms with van der Waals surface area (Å²) in [5, 5.41) is 10.6. The first-order chi connectivity index (χ1) is 42.7. The summed E-state index contributed by atoms with van der Waals surface area (Å²) < 4.78 is 68.2. The first kappa shape index (κ1) is 87.1. The van der Waals surface area contributed by atoms with E-state index in [-0.39, 0.29) is 25.7 Å². The number of rotatable bonds is 67. The largest absolute Gasteiger partial charge is 0.472 e. The fourth-order valence-corrected chi connectivity index (χ4v) is 12.0. The maximum Gasteiger partial charge on any atom is 0.472 e. The Morgan fingerprint density at radius 2 is 0.539 bits per heavy atom. The van der Waals surface area contributed by atoms with E-state index in [9.17, 15) is 43.2 Å². The first-order valence-electron chi connectivity index (χ1n) is 36.3. The molecular weight excluding hydrogens is 1170 g/mol. The van der Waals surface area contributed by atoms with E-state index < -0.39 is 97.5 Å². The summed E-state index contributed by atoms with van der Waals surface area (Å²) in [7, 11) is -9.90. The van der Waals surface area contributed by atoms with E-state index >= 15 is 0 Å². The van der Waals surface area contributed by atoms with Crippen molar-refractivity contribution >= 4 is 39.5 Å². The molecule has 0 fully saturated rings. The van der Waals surface area contributed by atoms with Gasteiger partial charge in [-0.25, -0.2) is 9.13 Å². The van der Waals surface area contributed by atoms with Crippen LogP contribution in [0.3, 0.4) is 0 Å². The second-order valence-electron chi connectivity index (χ2n) is 26.7. The molecule has 4 unspecified atom stereocenters. The molecule has 19 heteroatoms. The van der Waals surface area contributed by atoms with E-state index in [4.69, 9.17) is 37.0 Å². The van der Waals surface area contributed by atoms with Crippen LogP contribution in [0, 0.1) is 23.7 Å². The van der Waals surface area contributed by atoms with Gasteiger partial charge in [-0.1, -0.05) is 293 Å². The number of carbonyl (C=O) groups excluding carboxylic acids is 4. The van der Waals surface area contributed by atoms with Gasteiger partial charge in [0.15, 0.2) is 12.2 Å². The number of ether oxygens (including phenoxy) is 4. The van der Waals surface area contributed by atoms with Crippen LogP contribution in [0.15, 0.2) is 0 Å². The fourth-order valence-electron chi connectivity index (χ4n) is 10.4. The van der Waals surface area contributed by atoms with Crippen LogP contribution in [0.1, 0.15) is 344 Å². The Balaban J connectivity index is 5.21. The minimum absolute atomic E-state index is 0.102.